The molecule has 0 aliphatic carbocycles. The molecule has 2 aromatic carbocycles. The molecule has 1 fully saturated rings. The number of hydrogen-bond donors (Lipinski definition) is 1. The van der Waals surface area contributed by atoms with E-state index in [-0.39, 0.29) is 18.4 Å². The molecule has 0 atom stereocenters. The van der Waals surface area contributed by atoms with Crippen LogP contribution >= 0.6 is 0 Å². The minimum Gasteiger partial charge on any atom is -0.465 e. The van der Waals surface area contributed by atoms with E-state index in [0.717, 1.165) is 11.1 Å². The van der Waals surface area contributed by atoms with Gasteiger partial charge in [-0.25, -0.2) is 4.79 Å². The van der Waals surface area contributed by atoms with Gasteiger partial charge in [-0.3, -0.25) is 14.5 Å². The summed E-state index contributed by atoms with van der Waals surface area (Å²) in [6, 6.07) is 14.6. The number of aryl methyl sites for hydroxylation is 1. The van der Waals surface area contributed by atoms with Crippen molar-refractivity contribution in [3.63, 3.8) is 0 Å². The Balaban J connectivity index is 1.46. The molecule has 158 valence electrons. The third kappa shape index (κ3) is 5.67. The number of piperazine rings is 1. The normalized spacial score (nSPS) is 14.3. The van der Waals surface area contributed by atoms with Crippen molar-refractivity contribution in [3.05, 3.63) is 65.2 Å². The lowest BCUT2D eigenvalue weighted by atomic mass is 10.1. The second-order valence-corrected chi connectivity index (χ2v) is 7.38. The molecular weight excluding hydrogens is 382 g/mol. The Kier molecular flexibility index (Phi) is 7.19. The van der Waals surface area contributed by atoms with E-state index in [2.05, 4.69) is 5.32 Å². The Hall–Kier alpha value is -3.19. The fraction of sp³-hybridized carbons (Fsp3) is 0.348. The first kappa shape index (κ1) is 21.5. The van der Waals surface area contributed by atoms with Gasteiger partial charge in [0.25, 0.3) is 0 Å². The number of nitrogens with one attached hydrogen (secondary N) is 1. The minimum atomic E-state index is -0.447. The molecule has 0 radical (unpaired) electrons. The molecule has 1 heterocycles. The average molecular weight is 409 g/mol. The number of carbonyl (C=O) groups excluding carboxylic acids is 3. The second-order valence-electron chi connectivity index (χ2n) is 7.38. The first-order valence-corrected chi connectivity index (χ1v) is 9.99. The maximum Gasteiger partial charge on any atom is 0.337 e. The van der Waals surface area contributed by atoms with Crippen LogP contribution in [-0.2, 0) is 20.7 Å². The number of nitrogens with zero attached hydrogens (tertiary/aromatic N) is 2. The maximum absolute atomic E-state index is 12.6. The largest absolute Gasteiger partial charge is 0.465 e. The van der Waals surface area contributed by atoms with E-state index >= 15 is 0 Å². The molecule has 0 bridgehead atoms. The Morgan fingerprint density at radius 2 is 1.73 bits per heavy atom. The van der Waals surface area contributed by atoms with Gasteiger partial charge in [-0.15, -0.1) is 0 Å². The number of hydrogen-bond acceptors (Lipinski definition) is 5. The molecule has 0 unspecified atom stereocenters. The molecule has 0 spiro atoms. The van der Waals surface area contributed by atoms with Crippen molar-refractivity contribution in [1.29, 1.82) is 0 Å². The van der Waals surface area contributed by atoms with Gasteiger partial charge in [-0.05, 0) is 36.2 Å². The SMILES string of the molecule is COC(=O)c1cccc(NC(=O)CN2CCN(C(=O)Cc3ccccc3C)CC2)c1. The summed E-state index contributed by atoms with van der Waals surface area (Å²) in [5, 5.41) is 2.81. The van der Waals surface area contributed by atoms with E-state index in [0.29, 0.717) is 43.9 Å². The van der Waals surface area contributed by atoms with Crippen molar-refractivity contribution in [2.24, 2.45) is 0 Å². The zero-order valence-electron chi connectivity index (χ0n) is 17.4. The smallest absolute Gasteiger partial charge is 0.337 e. The number of anilines is 1. The number of carbonyl (C=O) groups is 3. The summed E-state index contributed by atoms with van der Waals surface area (Å²) in [5.41, 5.74) is 3.11. The van der Waals surface area contributed by atoms with Crippen LogP contribution in [0.25, 0.3) is 0 Å². The van der Waals surface area contributed by atoms with Crippen LogP contribution in [0, 0.1) is 6.92 Å². The zero-order chi connectivity index (χ0) is 21.5. The Bertz CT molecular complexity index is 920. The summed E-state index contributed by atoms with van der Waals surface area (Å²) in [6.07, 6.45) is 0.406. The van der Waals surface area contributed by atoms with Gasteiger partial charge in [0.15, 0.2) is 0 Å². The fourth-order valence-corrected chi connectivity index (χ4v) is 3.48. The number of methoxy groups -OCH3 is 1. The number of amides is 2. The van der Waals surface area contributed by atoms with Crippen molar-refractivity contribution >= 4 is 23.5 Å². The van der Waals surface area contributed by atoms with Crippen LogP contribution in [0.4, 0.5) is 5.69 Å². The van der Waals surface area contributed by atoms with E-state index in [1.54, 1.807) is 24.3 Å². The molecule has 1 aliphatic heterocycles. The van der Waals surface area contributed by atoms with Gasteiger partial charge in [0, 0.05) is 31.9 Å². The molecule has 3 rings (SSSR count). The first-order chi connectivity index (χ1) is 14.5. The predicted octanol–water partition coefficient (Wildman–Crippen LogP) is 2.11. The van der Waals surface area contributed by atoms with Gasteiger partial charge in [-0.1, -0.05) is 30.3 Å². The van der Waals surface area contributed by atoms with Crippen LogP contribution in [0.2, 0.25) is 0 Å². The summed E-state index contributed by atoms with van der Waals surface area (Å²) < 4.78 is 4.70. The van der Waals surface area contributed by atoms with Crippen molar-refractivity contribution < 1.29 is 19.1 Å². The third-order valence-corrected chi connectivity index (χ3v) is 5.26. The van der Waals surface area contributed by atoms with Gasteiger partial charge in [-0.2, -0.15) is 0 Å². The fourth-order valence-electron chi connectivity index (χ4n) is 3.48. The average Bonchev–Trinajstić information content (AvgIpc) is 2.75. The van der Waals surface area contributed by atoms with E-state index < -0.39 is 5.97 Å². The molecule has 1 aliphatic rings. The highest BCUT2D eigenvalue weighted by molar-refractivity contribution is 5.95. The molecule has 1 saturated heterocycles. The predicted molar refractivity (Wildman–Crippen MR) is 114 cm³/mol. The second kappa shape index (κ2) is 10.0. The standard InChI is InChI=1S/C23H27N3O4/c1-17-6-3-4-7-18(17)15-22(28)26-12-10-25(11-13-26)16-21(27)24-20-9-5-8-19(14-20)23(29)30-2/h3-9,14H,10-13,15-16H2,1-2H3,(H,24,27). The van der Waals surface area contributed by atoms with Crippen molar-refractivity contribution in [2.75, 3.05) is 45.2 Å². The van der Waals surface area contributed by atoms with Crippen LogP contribution in [-0.4, -0.2) is 67.4 Å². The van der Waals surface area contributed by atoms with Gasteiger partial charge in [0.1, 0.15) is 0 Å². The molecule has 7 nitrogen and oxygen atoms in total. The lowest BCUT2D eigenvalue weighted by Crippen LogP contribution is -2.50. The number of rotatable bonds is 6. The highest BCUT2D eigenvalue weighted by atomic mass is 16.5. The Labute approximate surface area is 176 Å². The summed E-state index contributed by atoms with van der Waals surface area (Å²) >= 11 is 0. The topological polar surface area (TPSA) is 79.0 Å². The van der Waals surface area contributed by atoms with Crippen LogP contribution in [0.15, 0.2) is 48.5 Å². The van der Waals surface area contributed by atoms with Crippen molar-refractivity contribution in [3.8, 4) is 0 Å². The minimum absolute atomic E-state index is 0.119. The van der Waals surface area contributed by atoms with Crippen LogP contribution in [0.1, 0.15) is 21.5 Å². The number of ether oxygens (including phenoxy) is 1. The molecular formula is C23H27N3O4. The number of benzene rings is 2. The van der Waals surface area contributed by atoms with Crippen molar-refractivity contribution in [1.82, 2.24) is 9.80 Å². The molecule has 30 heavy (non-hydrogen) atoms. The van der Waals surface area contributed by atoms with Gasteiger partial charge >= 0.3 is 5.97 Å². The molecule has 0 saturated carbocycles. The quantitative estimate of drug-likeness (QED) is 0.740. The summed E-state index contributed by atoms with van der Waals surface area (Å²) in [6.45, 7) is 4.76. The van der Waals surface area contributed by atoms with Gasteiger partial charge in [0.2, 0.25) is 11.8 Å². The highest BCUT2D eigenvalue weighted by Gasteiger charge is 2.23. The highest BCUT2D eigenvalue weighted by Crippen LogP contribution is 2.13. The summed E-state index contributed by atoms with van der Waals surface area (Å²) in [7, 11) is 1.32. The van der Waals surface area contributed by atoms with Crippen LogP contribution in [0.3, 0.4) is 0 Å². The van der Waals surface area contributed by atoms with E-state index in [1.807, 2.05) is 41.0 Å². The summed E-state index contributed by atoms with van der Waals surface area (Å²) in [4.78, 5) is 40.5. The molecule has 1 N–H and O–H groups in total. The lowest BCUT2D eigenvalue weighted by molar-refractivity contribution is -0.132. The Morgan fingerprint density at radius 1 is 1.00 bits per heavy atom. The van der Waals surface area contributed by atoms with Crippen molar-refractivity contribution in [2.45, 2.75) is 13.3 Å². The number of esters is 1. The maximum atomic E-state index is 12.6. The molecule has 0 aromatic heterocycles. The van der Waals surface area contributed by atoms with Crippen LogP contribution < -0.4 is 5.32 Å². The Morgan fingerprint density at radius 3 is 2.43 bits per heavy atom. The van der Waals surface area contributed by atoms with Crippen LogP contribution in [0.5, 0.6) is 0 Å². The van der Waals surface area contributed by atoms with Gasteiger partial charge in [0.05, 0.1) is 25.6 Å². The molecule has 2 aromatic rings. The third-order valence-electron chi connectivity index (χ3n) is 5.26. The monoisotopic (exact) mass is 409 g/mol. The van der Waals surface area contributed by atoms with E-state index in [1.165, 1.54) is 7.11 Å². The molecule has 7 heteroatoms. The first-order valence-electron chi connectivity index (χ1n) is 9.99. The zero-order valence-corrected chi connectivity index (χ0v) is 17.4. The molecule has 2 amide bonds. The van der Waals surface area contributed by atoms with E-state index in [4.69, 9.17) is 4.74 Å². The van der Waals surface area contributed by atoms with Gasteiger partial charge < -0.3 is 15.0 Å². The lowest BCUT2D eigenvalue weighted by Gasteiger charge is -2.34. The van der Waals surface area contributed by atoms with E-state index in [9.17, 15) is 14.4 Å². The summed E-state index contributed by atoms with van der Waals surface area (Å²) in [5.74, 6) is -0.484.